The normalized spacial score (nSPS) is 12.0. The van der Waals surface area contributed by atoms with Gasteiger partial charge in [0.25, 0.3) is 0 Å². The van der Waals surface area contributed by atoms with Crippen LogP contribution in [-0.2, 0) is 22.3 Å². The SMILES string of the molecule is CN(C)S(=O)(=O)c1cccc(CSc2nnnn2Cc2cccs2)c1. The fraction of sp³-hybridized carbons (Fsp3) is 0.267. The lowest BCUT2D eigenvalue weighted by Gasteiger charge is -2.12. The van der Waals surface area contributed by atoms with E-state index in [1.165, 1.54) is 35.0 Å². The molecule has 0 aliphatic heterocycles. The van der Waals surface area contributed by atoms with Gasteiger partial charge in [-0.25, -0.2) is 17.4 Å². The molecule has 0 amide bonds. The molecule has 2 heterocycles. The topological polar surface area (TPSA) is 81.0 Å². The molecule has 0 atom stereocenters. The van der Waals surface area contributed by atoms with E-state index in [-0.39, 0.29) is 4.90 Å². The highest BCUT2D eigenvalue weighted by Crippen LogP contribution is 2.23. The summed E-state index contributed by atoms with van der Waals surface area (Å²) in [7, 11) is -0.387. The van der Waals surface area contributed by atoms with Gasteiger partial charge in [0, 0.05) is 24.7 Å². The highest BCUT2D eigenvalue weighted by atomic mass is 32.2. The molecule has 0 saturated heterocycles. The van der Waals surface area contributed by atoms with E-state index in [1.807, 2.05) is 23.6 Å². The van der Waals surface area contributed by atoms with Gasteiger partial charge >= 0.3 is 0 Å². The average Bonchev–Trinajstić information content (AvgIpc) is 3.25. The number of hydrogen-bond donors (Lipinski definition) is 0. The summed E-state index contributed by atoms with van der Waals surface area (Å²) in [5, 5.41) is 14.5. The van der Waals surface area contributed by atoms with Gasteiger partial charge in [0.15, 0.2) is 0 Å². The van der Waals surface area contributed by atoms with Crippen LogP contribution in [0.4, 0.5) is 0 Å². The summed E-state index contributed by atoms with van der Waals surface area (Å²) < 4.78 is 27.4. The second-order valence-electron chi connectivity index (χ2n) is 5.42. The van der Waals surface area contributed by atoms with E-state index in [1.54, 1.807) is 34.2 Å². The number of thioether (sulfide) groups is 1. The van der Waals surface area contributed by atoms with Gasteiger partial charge in [-0.1, -0.05) is 30.0 Å². The fourth-order valence-corrected chi connectivity index (χ4v) is 4.58. The molecule has 2 aromatic heterocycles. The molecule has 132 valence electrons. The maximum absolute atomic E-state index is 12.2. The first kappa shape index (κ1) is 18.1. The molecule has 0 aliphatic carbocycles. The first-order valence-electron chi connectivity index (χ1n) is 7.39. The summed E-state index contributed by atoms with van der Waals surface area (Å²) in [5.41, 5.74) is 0.901. The predicted molar refractivity (Wildman–Crippen MR) is 98.1 cm³/mol. The number of sulfonamides is 1. The van der Waals surface area contributed by atoms with Crippen molar-refractivity contribution < 1.29 is 8.42 Å². The number of nitrogens with zero attached hydrogens (tertiary/aromatic N) is 5. The molecule has 7 nitrogen and oxygen atoms in total. The third-order valence-electron chi connectivity index (χ3n) is 3.43. The van der Waals surface area contributed by atoms with Crippen molar-refractivity contribution in [2.75, 3.05) is 14.1 Å². The number of rotatable bonds is 7. The van der Waals surface area contributed by atoms with Crippen LogP contribution in [0.2, 0.25) is 0 Å². The molecule has 0 aliphatic rings. The van der Waals surface area contributed by atoms with Gasteiger partial charge in [0.05, 0.1) is 11.4 Å². The maximum atomic E-state index is 12.2. The Kier molecular flexibility index (Phi) is 5.52. The third-order valence-corrected chi connectivity index (χ3v) is 7.13. The van der Waals surface area contributed by atoms with Crippen LogP contribution in [0.25, 0.3) is 0 Å². The van der Waals surface area contributed by atoms with Crippen LogP contribution in [0.5, 0.6) is 0 Å². The van der Waals surface area contributed by atoms with Crippen LogP contribution in [0.3, 0.4) is 0 Å². The summed E-state index contributed by atoms with van der Waals surface area (Å²) in [6, 6.07) is 11.0. The average molecular weight is 396 g/mol. The predicted octanol–water partition coefficient (Wildman–Crippen LogP) is 2.33. The Labute approximate surface area is 154 Å². The molecule has 0 bridgehead atoms. The number of benzene rings is 1. The van der Waals surface area contributed by atoms with Crippen molar-refractivity contribution >= 4 is 33.1 Å². The van der Waals surface area contributed by atoms with E-state index in [4.69, 9.17) is 0 Å². The molecule has 25 heavy (non-hydrogen) atoms. The van der Waals surface area contributed by atoms with Crippen molar-refractivity contribution in [3.05, 3.63) is 52.2 Å². The largest absolute Gasteiger partial charge is 0.242 e. The van der Waals surface area contributed by atoms with Crippen LogP contribution in [-0.4, -0.2) is 47.0 Å². The van der Waals surface area contributed by atoms with E-state index in [9.17, 15) is 8.42 Å². The molecule has 3 aromatic rings. The van der Waals surface area contributed by atoms with E-state index in [0.717, 1.165) is 5.56 Å². The van der Waals surface area contributed by atoms with Crippen LogP contribution < -0.4 is 0 Å². The lowest BCUT2D eigenvalue weighted by atomic mass is 10.2. The molecule has 0 fully saturated rings. The Balaban J connectivity index is 1.72. The number of thiophene rings is 1. The molecular formula is C15H17N5O2S3. The zero-order valence-electron chi connectivity index (χ0n) is 13.7. The van der Waals surface area contributed by atoms with Crippen molar-refractivity contribution in [3.63, 3.8) is 0 Å². The standard InChI is InChI=1S/C15H17N5O2S3/c1-19(2)25(21,22)14-7-3-5-12(9-14)11-24-15-16-17-18-20(15)10-13-6-4-8-23-13/h3-9H,10-11H2,1-2H3. The van der Waals surface area contributed by atoms with Gasteiger partial charge in [-0.15, -0.1) is 16.4 Å². The van der Waals surface area contributed by atoms with E-state index in [0.29, 0.717) is 17.5 Å². The quantitative estimate of drug-likeness (QED) is 0.571. The van der Waals surface area contributed by atoms with E-state index < -0.39 is 10.0 Å². The summed E-state index contributed by atoms with van der Waals surface area (Å²) >= 11 is 3.13. The van der Waals surface area contributed by atoms with E-state index in [2.05, 4.69) is 15.5 Å². The van der Waals surface area contributed by atoms with Gasteiger partial charge < -0.3 is 0 Å². The van der Waals surface area contributed by atoms with Crippen LogP contribution in [0.1, 0.15) is 10.4 Å². The molecule has 3 rings (SSSR count). The summed E-state index contributed by atoms with van der Waals surface area (Å²) in [6.45, 7) is 0.627. The Morgan fingerprint density at radius 1 is 1.24 bits per heavy atom. The van der Waals surface area contributed by atoms with Gasteiger partial charge in [0.2, 0.25) is 15.2 Å². The maximum Gasteiger partial charge on any atom is 0.242 e. The van der Waals surface area contributed by atoms with Crippen molar-refractivity contribution in [2.24, 2.45) is 0 Å². The molecule has 0 spiro atoms. The van der Waals surface area contributed by atoms with Crippen molar-refractivity contribution in [3.8, 4) is 0 Å². The highest BCUT2D eigenvalue weighted by molar-refractivity contribution is 7.98. The van der Waals surface area contributed by atoms with Crippen molar-refractivity contribution in [1.29, 1.82) is 0 Å². The highest BCUT2D eigenvalue weighted by Gasteiger charge is 2.17. The Bertz CT molecular complexity index is 936. The number of tetrazole rings is 1. The van der Waals surface area contributed by atoms with Crippen LogP contribution in [0.15, 0.2) is 51.8 Å². The zero-order chi connectivity index (χ0) is 17.9. The third kappa shape index (κ3) is 4.27. The summed E-state index contributed by atoms with van der Waals surface area (Å²) in [4.78, 5) is 1.46. The number of aromatic nitrogens is 4. The van der Waals surface area contributed by atoms with Gasteiger partial charge in [-0.05, 0) is 39.6 Å². The Morgan fingerprint density at radius 2 is 2.08 bits per heavy atom. The lowest BCUT2D eigenvalue weighted by molar-refractivity contribution is 0.520. The Morgan fingerprint density at radius 3 is 2.80 bits per heavy atom. The minimum absolute atomic E-state index is 0.286. The molecule has 0 N–H and O–H groups in total. The van der Waals surface area contributed by atoms with Crippen molar-refractivity contribution in [1.82, 2.24) is 24.5 Å². The fourth-order valence-electron chi connectivity index (χ4n) is 2.10. The monoisotopic (exact) mass is 395 g/mol. The van der Waals surface area contributed by atoms with Gasteiger partial charge in [-0.2, -0.15) is 0 Å². The van der Waals surface area contributed by atoms with Crippen molar-refractivity contribution in [2.45, 2.75) is 22.3 Å². The van der Waals surface area contributed by atoms with Gasteiger partial charge in [0.1, 0.15) is 0 Å². The molecular weight excluding hydrogens is 378 g/mol. The summed E-state index contributed by atoms with van der Waals surface area (Å²) in [5.74, 6) is 0.585. The van der Waals surface area contributed by atoms with Crippen LogP contribution in [0, 0.1) is 0 Å². The molecule has 1 aromatic carbocycles. The first-order chi connectivity index (χ1) is 12.0. The first-order valence-corrected chi connectivity index (χ1v) is 10.7. The van der Waals surface area contributed by atoms with Crippen LogP contribution >= 0.6 is 23.1 Å². The molecule has 0 saturated carbocycles. The van der Waals surface area contributed by atoms with E-state index >= 15 is 0 Å². The molecule has 10 heteroatoms. The minimum Gasteiger partial charge on any atom is -0.215 e. The molecule has 0 radical (unpaired) electrons. The minimum atomic E-state index is -3.43. The van der Waals surface area contributed by atoms with Gasteiger partial charge in [-0.3, -0.25) is 0 Å². The zero-order valence-corrected chi connectivity index (χ0v) is 16.2. The Hall–Kier alpha value is -1.75. The number of hydrogen-bond acceptors (Lipinski definition) is 7. The second-order valence-corrected chi connectivity index (χ2v) is 9.55. The molecule has 0 unspecified atom stereocenters. The second kappa shape index (κ2) is 7.65. The smallest absolute Gasteiger partial charge is 0.215 e. The lowest BCUT2D eigenvalue weighted by Crippen LogP contribution is -2.22. The summed E-state index contributed by atoms with van der Waals surface area (Å²) in [6.07, 6.45) is 0.